The molecule has 130 valence electrons. The van der Waals surface area contributed by atoms with E-state index in [0.717, 1.165) is 42.9 Å². The Balaban J connectivity index is 1.81. The van der Waals surface area contributed by atoms with Gasteiger partial charge in [0, 0.05) is 25.1 Å². The van der Waals surface area contributed by atoms with Gasteiger partial charge >= 0.3 is 0 Å². The number of aromatic nitrogens is 1. The van der Waals surface area contributed by atoms with Crippen molar-refractivity contribution < 1.29 is 13.7 Å². The van der Waals surface area contributed by atoms with Crippen LogP contribution in [0.25, 0.3) is 0 Å². The molecule has 0 N–H and O–H groups in total. The van der Waals surface area contributed by atoms with Gasteiger partial charge in [0.2, 0.25) is 0 Å². The topological polar surface area (TPSA) is 62.7 Å². The minimum atomic E-state index is -0.0765. The number of hydrogen-bond acceptors (Lipinski definition) is 5. The second-order valence-corrected chi connectivity index (χ2v) is 6.89. The fourth-order valence-corrected chi connectivity index (χ4v) is 3.06. The minimum absolute atomic E-state index is 0.0765. The molecule has 2 aromatic heterocycles. The molecule has 1 amide bonds. The van der Waals surface area contributed by atoms with Gasteiger partial charge in [-0.05, 0) is 45.0 Å². The summed E-state index contributed by atoms with van der Waals surface area (Å²) in [5.74, 6) is 2.13. The van der Waals surface area contributed by atoms with Crippen molar-refractivity contribution in [2.75, 3.05) is 27.2 Å². The van der Waals surface area contributed by atoms with Crippen LogP contribution in [-0.4, -0.2) is 48.0 Å². The largest absolute Gasteiger partial charge is 0.467 e. The Labute approximate surface area is 142 Å². The van der Waals surface area contributed by atoms with E-state index in [1.165, 1.54) is 0 Å². The second-order valence-electron chi connectivity index (χ2n) is 6.89. The third-order valence-electron chi connectivity index (χ3n) is 4.52. The van der Waals surface area contributed by atoms with E-state index in [9.17, 15) is 4.79 Å². The number of nitrogens with zero attached hydrogens (tertiary/aromatic N) is 3. The molecule has 1 atom stereocenters. The van der Waals surface area contributed by atoms with E-state index in [-0.39, 0.29) is 5.91 Å². The fourth-order valence-electron chi connectivity index (χ4n) is 3.06. The van der Waals surface area contributed by atoms with E-state index in [1.807, 2.05) is 26.2 Å². The lowest BCUT2D eigenvalue weighted by molar-refractivity contribution is 0.0708. The van der Waals surface area contributed by atoms with Crippen LogP contribution in [0.3, 0.4) is 0 Å². The van der Waals surface area contributed by atoms with E-state index >= 15 is 0 Å². The van der Waals surface area contributed by atoms with Crippen molar-refractivity contribution >= 4 is 5.91 Å². The standard InChI is InChI=1S/C18H25N3O3/c1-13-6-7-16-15(11-13)17(19-24-16)18(22)21(9-8-20(2)3)12-14-5-4-10-23-14/h4-5,10,13H,6-9,11-12H2,1-3H3/t13-/m0/s1. The SMILES string of the molecule is C[C@H]1CCc2onc(C(=O)N(CCN(C)C)Cc3ccco3)c2C1. The van der Waals surface area contributed by atoms with E-state index in [2.05, 4.69) is 17.0 Å². The van der Waals surface area contributed by atoms with Crippen molar-refractivity contribution in [1.82, 2.24) is 15.0 Å². The number of aryl methyl sites for hydroxylation is 1. The highest BCUT2D eigenvalue weighted by molar-refractivity contribution is 5.93. The molecule has 0 fully saturated rings. The molecule has 6 heteroatoms. The lowest BCUT2D eigenvalue weighted by Gasteiger charge is -2.24. The fraction of sp³-hybridized carbons (Fsp3) is 0.556. The molecule has 0 bridgehead atoms. The van der Waals surface area contributed by atoms with Gasteiger partial charge in [0.05, 0.1) is 12.8 Å². The van der Waals surface area contributed by atoms with Crippen LogP contribution in [-0.2, 0) is 19.4 Å². The maximum Gasteiger partial charge on any atom is 0.276 e. The number of hydrogen-bond donors (Lipinski definition) is 0. The van der Waals surface area contributed by atoms with Gasteiger partial charge in [-0.25, -0.2) is 0 Å². The van der Waals surface area contributed by atoms with Crippen molar-refractivity contribution in [3.8, 4) is 0 Å². The quantitative estimate of drug-likeness (QED) is 0.814. The van der Waals surface area contributed by atoms with Crippen LogP contribution >= 0.6 is 0 Å². The molecule has 0 radical (unpaired) electrons. The third kappa shape index (κ3) is 3.70. The summed E-state index contributed by atoms with van der Waals surface area (Å²) in [5, 5.41) is 4.10. The summed E-state index contributed by atoms with van der Waals surface area (Å²) in [5.41, 5.74) is 1.47. The van der Waals surface area contributed by atoms with E-state index in [1.54, 1.807) is 11.2 Å². The van der Waals surface area contributed by atoms with Crippen LogP contribution < -0.4 is 0 Å². The molecule has 3 rings (SSSR count). The summed E-state index contributed by atoms with van der Waals surface area (Å²) in [6.45, 7) is 4.04. The van der Waals surface area contributed by atoms with Gasteiger partial charge in [-0.3, -0.25) is 4.79 Å². The van der Waals surface area contributed by atoms with Crippen LogP contribution in [0.5, 0.6) is 0 Å². The zero-order chi connectivity index (χ0) is 17.1. The highest BCUT2D eigenvalue weighted by atomic mass is 16.5. The first kappa shape index (κ1) is 16.8. The molecule has 0 saturated heterocycles. The minimum Gasteiger partial charge on any atom is -0.467 e. The molecule has 0 saturated carbocycles. The average molecular weight is 331 g/mol. The van der Waals surface area contributed by atoms with Crippen LogP contribution in [0.1, 0.15) is 40.9 Å². The number of carbonyl (C=O) groups is 1. The van der Waals surface area contributed by atoms with Crippen molar-refractivity contribution in [3.05, 3.63) is 41.2 Å². The molecular formula is C18H25N3O3. The maximum absolute atomic E-state index is 13.1. The summed E-state index contributed by atoms with van der Waals surface area (Å²) in [6, 6.07) is 3.72. The Morgan fingerprint density at radius 3 is 2.92 bits per heavy atom. The molecule has 0 aromatic carbocycles. The van der Waals surface area contributed by atoms with Crippen LogP contribution in [0, 0.1) is 5.92 Å². The zero-order valence-electron chi connectivity index (χ0n) is 14.6. The Bertz CT molecular complexity index is 676. The van der Waals surface area contributed by atoms with Crippen molar-refractivity contribution in [2.24, 2.45) is 5.92 Å². The lowest BCUT2D eigenvalue weighted by Crippen LogP contribution is -2.37. The molecule has 1 aliphatic carbocycles. The van der Waals surface area contributed by atoms with Crippen molar-refractivity contribution in [3.63, 3.8) is 0 Å². The van der Waals surface area contributed by atoms with E-state index < -0.39 is 0 Å². The van der Waals surface area contributed by atoms with Gasteiger partial charge < -0.3 is 18.7 Å². The summed E-state index contributed by atoms with van der Waals surface area (Å²) < 4.78 is 10.9. The number of fused-ring (bicyclic) bond motifs is 1. The number of likely N-dealkylation sites (N-methyl/N-ethyl adjacent to an activating group) is 1. The third-order valence-corrected chi connectivity index (χ3v) is 4.52. The Morgan fingerprint density at radius 2 is 2.21 bits per heavy atom. The second kappa shape index (κ2) is 7.21. The van der Waals surface area contributed by atoms with E-state index in [0.29, 0.717) is 24.7 Å². The Kier molecular flexibility index (Phi) is 5.04. The molecule has 0 unspecified atom stereocenters. The number of furan rings is 1. The summed E-state index contributed by atoms with van der Waals surface area (Å²) >= 11 is 0. The number of carbonyl (C=O) groups excluding carboxylic acids is 1. The zero-order valence-corrected chi connectivity index (χ0v) is 14.6. The molecule has 24 heavy (non-hydrogen) atoms. The summed E-state index contributed by atoms with van der Waals surface area (Å²) in [6.07, 6.45) is 4.45. The van der Waals surface area contributed by atoms with Gasteiger partial charge in [0.15, 0.2) is 5.69 Å². The van der Waals surface area contributed by atoms with E-state index in [4.69, 9.17) is 8.94 Å². The molecule has 2 aromatic rings. The van der Waals surface area contributed by atoms with Gasteiger partial charge in [-0.2, -0.15) is 0 Å². The average Bonchev–Trinajstić information content (AvgIpc) is 3.19. The molecule has 0 aliphatic heterocycles. The molecule has 0 spiro atoms. The summed E-state index contributed by atoms with van der Waals surface area (Å²) in [7, 11) is 3.99. The summed E-state index contributed by atoms with van der Waals surface area (Å²) in [4.78, 5) is 16.9. The number of rotatable bonds is 6. The molecular weight excluding hydrogens is 306 g/mol. The smallest absolute Gasteiger partial charge is 0.276 e. The first-order chi connectivity index (χ1) is 11.5. The lowest BCUT2D eigenvalue weighted by atomic mass is 9.88. The van der Waals surface area contributed by atoms with Gasteiger partial charge in [0.1, 0.15) is 11.5 Å². The Hall–Kier alpha value is -2.08. The Morgan fingerprint density at radius 1 is 1.38 bits per heavy atom. The first-order valence-electron chi connectivity index (χ1n) is 8.48. The maximum atomic E-state index is 13.1. The van der Waals surface area contributed by atoms with Crippen LogP contribution in [0.15, 0.2) is 27.3 Å². The van der Waals surface area contributed by atoms with Gasteiger partial charge in [-0.1, -0.05) is 12.1 Å². The predicted octanol–water partition coefficient (Wildman–Crippen LogP) is 2.60. The normalized spacial score (nSPS) is 17.1. The van der Waals surface area contributed by atoms with Gasteiger partial charge in [0.25, 0.3) is 5.91 Å². The van der Waals surface area contributed by atoms with Crippen LogP contribution in [0.4, 0.5) is 0 Å². The number of amides is 1. The van der Waals surface area contributed by atoms with Crippen molar-refractivity contribution in [2.45, 2.75) is 32.7 Å². The highest BCUT2D eigenvalue weighted by Crippen LogP contribution is 2.28. The monoisotopic (exact) mass is 331 g/mol. The van der Waals surface area contributed by atoms with Gasteiger partial charge in [-0.15, -0.1) is 0 Å². The van der Waals surface area contributed by atoms with Crippen molar-refractivity contribution in [1.29, 1.82) is 0 Å². The molecule has 6 nitrogen and oxygen atoms in total. The predicted molar refractivity (Wildman–Crippen MR) is 89.7 cm³/mol. The molecule has 1 aliphatic rings. The van der Waals surface area contributed by atoms with Crippen LogP contribution in [0.2, 0.25) is 0 Å². The molecule has 2 heterocycles. The highest BCUT2D eigenvalue weighted by Gasteiger charge is 2.29. The first-order valence-corrected chi connectivity index (χ1v) is 8.48.